The number of hydrogen-bond acceptors (Lipinski definition) is 6. The van der Waals surface area contributed by atoms with Gasteiger partial charge in [0, 0.05) is 5.69 Å². The maximum Gasteiger partial charge on any atom is 0.264 e. The van der Waals surface area contributed by atoms with Gasteiger partial charge in [0.2, 0.25) is 0 Å². The zero-order valence-corrected chi connectivity index (χ0v) is 19.8. The highest BCUT2D eigenvalue weighted by Crippen LogP contribution is 2.32. The maximum absolute atomic E-state index is 13.1. The Balaban J connectivity index is 1.41. The predicted octanol–water partition coefficient (Wildman–Crippen LogP) is 5.05. The first-order valence-electron chi connectivity index (χ1n) is 10.6. The molecular formula is C26H22FN3O4S. The van der Waals surface area contributed by atoms with Crippen LogP contribution in [0.5, 0.6) is 11.5 Å². The van der Waals surface area contributed by atoms with E-state index in [4.69, 9.17) is 9.47 Å². The van der Waals surface area contributed by atoms with Gasteiger partial charge in [-0.05, 0) is 78.9 Å². The summed E-state index contributed by atoms with van der Waals surface area (Å²) >= 11 is 1.18. The second-order valence-corrected chi connectivity index (χ2v) is 8.60. The van der Waals surface area contributed by atoms with Crippen LogP contribution in [0.4, 0.5) is 15.8 Å². The van der Waals surface area contributed by atoms with Crippen molar-refractivity contribution in [2.45, 2.75) is 6.92 Å². The standard InChI is InChI=1S/C26H22FN3O4S/c1-16-3-8-19(9-4-16)28-24(31)15-34-21-12-5-17(13-22(21)33-2)14-23-25(32)30-26(35-23)29-20-10-6-18(27)7-11-20/h3-14H,15H2,1-2H3,(H,28,31)(H,29,30,32)/b23-14+. The number of benzene rings is 3. The summed E-state index contributed by atoms with van der Waals surface area (Å²) in [6, 6.07) is 18.3. The molecule has 0 unspecified atom stereocenters. The first kappa shape index (κ1) is 24.0. The molecule has 0 saturated carbocycles. The van der Waals surface area contributed by atoms with E-state index in [0.29, 0.717) is 38.5 Å². The Morgan fingerprint density at radius 2 is 1.83 bits per heavy atom. The van der Waals surface area contributed by atoms with Crippen molar-refractivity contribution in [3.8, 4) is 11.5 Å². The van der Waals surface area contributed by atoms with Crippen LogP contribution in [0.25, 0.3) is 6.08 Å². The van der Waals surface area contributed by atoms with Crippen molar-refractivity contribution in [2.24, 2.45) is 4.99 Å². The molecule has 7 nitrogen and oxygen atoms in total. The summed E-state index contributed by atoms with van der Waals surface area (Å²) in [4.78, 5) is 29.3. The van der Waals surface area contributed by atoms with E-state index in [-0.39, 0.29) is 24.2 Å². The minimum Gasteiger partial charge on any atom is -0.493 e. The second-order valence-electron chi connectivity index (χ2n) is 7.57. The van der Waals surface area contributed by atoms with E-state index in [0.717, 1.165) is 5.56 Å². The molecule has 0 aromatic heterocycles. The zero-order valence-electron chi connectivity index (χ0n) is 19.0. The lowest BCUT2D eigenvalue weighted by Crippen LogP contribution is -2.20. The van der Waals surface area contributed by atoms with Crippen LogP contribution in [0.1, 0.15) is 11.1 Å². The third kappa shape index (κ3) is 6.48. The number of aliphatic imine (C=N–C) groups is 1. The SMILES string of the molecule is COc1cc(/C=C2/SC(=Nc3ccc(F)cc3)NC2=O)ccc1OCC(=O)Nc1ccc(C)cc1. The Labute approximate surface area is 206 Å². The highest BCUT2D eigenvalue weighted by molar-refractivity contribution is 8.18. The van der Waals surface area contributed by atoms with Crippen LogP contribution in [0, 0.1) is 12.7 Å². The summed E-state index contributed by atoms with van der Waals surface area (Å²) in [5.74, 6) is -0.121. The van der Waals surface area contributed by atoms with Gasteiger partial charge in [-0.2, -0.15) is 0 Å². The highest BCUT2D eigenvalue weighted by atomic mass is 32.2. The summed E-state index contributed by atoms with van der Waals surface area (Å²) in [7, 11) is 1.50. The van der Waals surface area contributed by atoms with Gasteiger partial charge in [0.15, 0.2) is 23.3 Å². The molecule has 0 bridgehead atoms. The van der Waals surface area contributed by atoms with Crippen molar-refractivity contribution < 1.29 is 23.5 Å². The van der Waals surface area contributed by atoms with Crippen LogP contribution in [0.15, 0.2) is 76.6 Å². The number of carbonyl (C=O) groups excluding carboxylic acids is 2. The van der Waals surface area contributed by atoms with E-state index in [1.54, 1.807) is 24.3 Å². The zero-order chi connectivity index (χ0) is 24.8. The number of nitrogens with zero attached hydrogens (tertiary/aromatic N) is 1. The third-order valence-electron chi connectivity index (χ3n) is 4.89. The van der Waals surface area contributed by atoms with Crippen molar-refractivity contribution in [3.63, 3.8) is 0 Å². The smallest absolute Gasteiger partial charge is 0.264 e. The van der Waals surface area contributed by atoms with Gasteiger partial charge in [0.1, 0.15) is 5.82 Å². The van der Waals surface area contributed by atoms with Crippen LogP contribution in [0.2, 0.25) is 0 Å². The molecular weight excluding hydrogens is 469 g/mol. The molecule has 2 N–H and O–H groups in total. The minimum absolute atomic E-state index is 0.188. The molecule has 4 rings (SSSR count). The van der Waals surface area contributed by atoms with E-state index in [1.165, 1.54) is 43.1 Å². The first-order chi connectivity index (χ1) is 16.9. The van der Waals surface area contributed by atoms with E-state index < -0.39 is 0 Å². The lowest BCUT2D eigenvalue weighted by Gasteiger charge is -2.12. The second kappa shape index (κ2) is 10.9. The molecule has 9 heteroatoms. The molecule has 1 fully saturated rings. The average molecular weight is 492 g/mol. The van der Waals surface area contributed by atoms with Crippen molar-refractivity contribution in [1.29, 1.82) is 0 Å². The fourth-order valence-electron chi connectivity index (χ4n) is 3.14. The largest absolute Gasteiger partial charge is 0.493 e. The number of anilines is 1. The molecule has 0 spiro atoms. The lowest BCUT2D eigenvalue weighted by molar-refractivity contribution is -0.118. The van der Waals surface area contributed by atoms with Gasteiger partial charge in [0.25, 0.3) is 11.8 Å². The van der Waals surface area contributed by atoms with Gasteiger partial charge in [-0.3, -0.25) is 9.59 Å². The topological polar surface area (TPSA) is 89.0 Å². The lowest BCUT2D eigenvalue weighted by atomic mass is 10.2. The number of amides is 2. The molecule has 1 aliphatic rings. The van der Waals surface area contributed by atoms with Crippen molar-refractivity contribution in [2.75, 3.05) is 19.0 Å². The molecule has 0 radical (unpaired) electrons. The Kier molecular flexibility index (Phi) is 7.47. The summed E-state index contributed by atoms with van der Waals surface area (Å²) in [6.45, 7) is 1.78. The van der Waals surface area contributed by atoms with Crippen LogP contribution in [-0.4, -0.2) is 30.7 Å². The molecule has 1 saturated heterocycles. The minimum atomic E-state index is -0.356. The maximum atomic E-state index is 13.1. The van der Waals surface area contributed by atoms with Crippen molar-refractivity contribution in [3.05, 3.63) is 88.6 Å². The summed E-state index contributed by atoms with van der Waals surface area (Å²) < 4.78 is 24.1. The predicted molar refractivity (Wildman–Crippen MR) is 136 cm³/mol. The van der Waals surface area contributed by atoms with Crippen LogP contribution < -0.4 is 20.1 Å². The Morgan fingerprint density at radius 3 is 2.54 bits per heavy atom. The number of halogens is 1. The Morgan fingerprint density at radius 1 is 1.09 bits per heavy atom. The molecule has 0 aliphatic carbocycles. The molecule has 1 aliphatic heterocycles. The van der Waals surface area contributed by atoms with Crippen LogP contribution in [-0.2, 0) is 9.59 Å². The average Bonchev–Trinajstić information content (AvgIpc) is 3.19. The number of nitrogens with one attached hydrogen (secondary N) is 2. The summed E-state index contributed by atoms with van der Waals surface area (Å²) in [5, 5.41) is 5.87. The number of rotatable bonds is 7. The molecule has 1 heterocycles. The normalized spacial score (nSPS) is 15.2. The quantitative estimate of drug-likeness (QED) is 0.452. The number of thioether (sulfide) groups is 1. The van der Waals surface area contributed by atoms with E-state index in [2.05, 4.69) is 15.6 Å². The third-order valence-corrected chi connectivity index (χ3v) is 5.80. The number of amidine groups is 1. The molecule has 3 aromatic rings. The van der Waals surface area contributed by atoms with Crippen molar-refractivity contribution in [1.82, 2.24) is 5.32 Å². The Bertz CT molecular complexity index is 1310. The van der Waals surface area contributed by atoms with Gasteiger partial charge in [-0.1, -0.05) is 23.8 Å². The number of ether oxygens (including phenoxy) is 2. The highest BCUT2D eigenvalue weighted by Gasteiger charge is 2.24. The van der Waals surface area contributed by atoms with Gasteiger partial charge in [0.05, 0.1) is 17.7 Å². The first-order valence-corrected chi connectivity index (χ1v) is 11.4. The monoisotopic (exact) mass is 491 g/mol. The Hall–Kier alpha value is -4.11. The summed E-state index contributed by atoms with van der Waals surface area (Å²) in [5.41, 5.74) is 3.03. The van der Waals surface area contributed by atoms with Gasteiger partial charge >= 0.3 is 0 Å². The fraction of sp³-hybridized carbons (Fsp3) is 0.115. The van der Waals surface area contributed by atoms with Crippen molar-refractivity contribution >= 4 is 46.2 Å². The molecule has 2 amide bonds. The number of aryl methyl sites for hydroxylation is 1. The molecule has 35 heavy (non-hydrogen) atoms. The van der Waals surface area contributed by atoms with Gasteiger partial charge in [-0.15, -0.1) is 0 Å². The van der Waals surface area contributed by atoms with E-state index in [1.807, 2.05) is 31.2 Å². The van der Waals surface area contributed by atoms with E-state index >= 15 is 0 Å². The van der Waals surface area contributed by atoms with Crippen LogP contribution >= 0.6 is 11.8 Å². The fourth-order valence-corrected chi connectivity index (χ4v) is 3.98. The van der Waals surface area contributed by atoms with E-state index in [9.17, 15) is 14.0 Å². The molecule has 178 valence electrons. The van der Waals surface area contributed by atoms with Gasteiger partial charge < -0.3 is 20.1 Å². The number of methoxy groups -OCH3 is 1. The number of carbonyl (C=O) groups is 2. The number of hydrogen-bond donors (Lipinski definition) is 2. The van der Waals surface area contributed by atoms with Crippen LogP contribution in [0.3, 0.4) is 0 Å². The molecule has 3 aromatic carbocycles. The molecule has 0 atom stereocenters. The summed E-state index contributed by atoms with van der Waals surface area (Å²) in [6.07, 6.45) is 1.70. The van der Waals surface area contributed by atoms with Gasteiger partial charge in [-0.25, -0.2) is 9.38 Å².